The lowest BCUT2D eigenvalue weighted by Gasteiger charge is -2.29. The van der Waals surface area contributed by atoms with Crippen LogP contribution in [0.3, 0.4) is 0 Å². The highest BCUT2D eigenvalue weighted by Crippen LogP contribution is 2.23. The average molecular weight is 268 g/mol. The van der Waals surface area contributed by atoms with Gasteiger partial charge in [0.15, 0.2) is 0 Å². The number of nitrogens with one attached hydrogen (secondary N) is 1. The second-order valence-corrected chi connectivity index (χ2v) is 5.24. The molecule has 0 amide bonds. The largest absolute Gasteiger partial charge is 0.385 e. The topological polar surface area (TPSA) is 62.9 Å². The molecule has 18 heavy (non-hydrogen) atoms. The van der Waals surface area contributed by atoms with Gasteiger partial charge in [-0.15, -0.1) is 11.3 Å². The van der Waals surface area contributed by atoms with E-state index in [0.717, 1.165) is 45.0 Å². The van der Waals surface area contributed by atoms with Gasteiger partial charge in [0.05, 0.1) is 0 Å². The Morgan fingerprint density at radius 3 is 3.33 bits per heavy atom. The van der Waals surface area contributed by atoms with E-state index < -0.39 is 0 Å². The summed E-state index contributed by atoms with van der Waals surface area (Å²) in [5.41, 5.74) is 4.10. The number of nitrogens with zero attached hydrogens (tertiary/aromatic N) is 2. The molecule has 100 valence electrons. The highest BCUT2D eigenvalue weighted by atomic mass is 32.1. The molecule has 0 unspecified atom stereocenters. The third kappa shape index (κ3) is 3.22. The maximum Gasteiger partial charge on any atom is 0.208 e. The number of hydrogen-bond acceptors (Lipinski definition) is 4. The van der Waals surface area contributed by atoms with Crippen molar-refractivity contribution in [3.8, 4) is 0 Å². The first-order valence-corrected chi connectivity index (χ1v) is 7.03. The SMILES string of the molecule is COCCCN=C(NN)N1CCc2sccc2C1. The van der Waals surface area contributed by atoms with E-state index in [9.17, 15) is 0 Å². The van der Waals surface area contributed by atoms with Crippen LogP contribution in [0.2, 0.25) is 0 Å². The predicted molar refractivity (Wildman–Crippen MR) is 74.6 cm³/mol. The Morgan fingerprint density at radius 1 is 1.67 bits per heavy atom. The van der Waals surface area contributed by atoms with E-state index in [1.807, 2.05) is 11.3 Å². The predicted octanol–water partition coefficient (Wildman–Crippen LogP) is 0.962. The van der Waals surface area contributed by atoms with E-state index in [1.165, 1.54) is 10.4 Å². The van der Waals surface area contributed by atoms with Gasteiger partial charge in [0.2, 0.25) is 5.96 Å². The third-order valence-corrected chi connectivity index (χ3v) is 4.03. The summed E-state index contributed by atoms with van der Waals surface area (Å²) in [5.74, 6) is 6.34. The van der Waals surface area contributed by atoms with Gasteiger partial charge < -0.3 is 9.64 Å². The van der Waals surface area contributed by atoms with Crippen LogP contribution >= 0.6 is 11.3 Å². The van der Waals surface area contributed by atoms with Crippen molar-refractivity contribution < 1.29 is 4.74 Å². The minimum absolute atomic E-state index is 0.732. The first kappa shape index (κ1) is 13.3. The summed E-state index contributed by atoms with van der Waals surface area (Å²) in [6, 6.07) is 2.19. The van der Waals surface area contributed by atoms with Crippen molar-refractivity contribution >= 4 is 17.3 Å². The molecule has 0 saturated heterocycles. The lowest BCUT2D eigenvalue weighted by molar-refractivity contribution is 0.197. The average Bonchev–Trinajstić information content (AvgIpc) is 2.86. The first-order valence-electron chi connectivity index (χ1n) is 6.15. The van der Waals surface area contributed by atoms with Crippen LogP contribution < -0.4 is 11.3 Å². The number of rotatable bonds is 4. The van der Waals surface area contributed by atoms with Crippen LogP contribution in [0.1, 0.15) is 16.9 Å². The van der Waals surface area contributed by atoms with Gasteiger partial charge in [-0.3, -0.25) is 10.4 Å². The number of fused-ring (bicyclic) bond motifs is 1. The zero-order chi connectivity index (χ0) is 12.8. The van der Waals surface area contributed by atoms with Crippen molar-refractivity contribution in [1.82, 2.24) is 10.3 Å². The van der Waals surface area contributed by atoms with Crippen molar-refractivity contribution in [3.05, 3.63) is 21.9 Å². The fourth-order valence-corrected chi connectivity index (χ4v) is 2.95. The normalized spacial score (nSPS) is 15.7. The minimum Gasteiger partial charge on any atom is -0.385 e. The Kier molecular flexibility index (Phi) is 4.98. The van der Waals surface area contributed by atoms with Gasteiger partial charge in [0, 0.05) is 38.2 Å². The summed E-state index contributed by atoms with van der Waals surface area (Å²) in [4.78, 5) is 8.17. The molecule has 1 aromatic rings. The van der Waals surface area contributed by atoms with Gasteiger partial charge in [-0.1, -0.05) is 0 Å². The molecular weight excluding hydrogens is 248 g/mol. The zero-order valence-electron chi connectivity index (χ0n) is 10.7. The Bertz CT molecular complexity index is 405. The molecule has 1 aromatic heterocycles. The molecule has 1 aliphatic rings. The summed E-state index contributed by atoms with van der Waals surface area (Å²) in [5, 5.41) is 2.15. The molecule has 0 saturated carbocycles. The molecule has 0 aromatic carbocycles. The molecule has 0 atom stereocenters. The number of nitrogens with two attached hydrogens (primary N) is 1. The molecule has 0 radical (unpaired) electrons. The van der Waals surface area contributed by atoms with Gasteiger partial charge in [-0.2, -0.15) is 0 Å². The van der Waals surface area contributed by atoms with Gasteiger partial charge in [0.25, 0.3) is 0 Å². The Labute approximate surface area is 112 Å². The van der Waals surface area contributed by atoms with Crippen LogP contribution in [0.15, 0.2) is 16.4 Å². The monoisotopic (exact) mass is 268 g/mol. The van der Waals surface area contributed by atoms with Crippen LogP contribution in [-0.2, 0) is 17.7 Å². The second-order valence-electron chi connectivity index (χ2n) is 4.24. The minimum atomic E-state index is 0.732. The Morgan fingerprint density at radius 2 is 2.56 bits per heavy atom. The van der Waals surface area contributed by atoms with Gasteiger partial charge in [0.1, 0.15) is 0 Å². The molecule has 2 heterocycles. The molecule has 6 heteroatoms. The maximum atomic E-state index is 5.56. The fraction of sp³-hybridized carbons (Fsp3) is 0.583. The number of hydrogen-bond donors (Lipinski definition) is 2. The lowest BCUT2D eigenvalue weighted by atomic mass is 10.1. The smallest absolute Gasteiger partial charge is 0.208 e. The molecule has 3 N–H and O–H groups in total. The summed E-state index contributed by atoms with van der Waals surface area (Å²) in [6.45, 7) is 3.34. The number of ether oxygens (including phenoxy) is 1. The van der Waals surface area contributed by atoms with Crippen molar-refractivity contribution in [2.45, 2.75) is 19.4 Å². The van der Waals surface area contributed by atoms with Crippen LogP contribution in [-0.4, -0.2) is 37.7 Å². The van der Waals surface area contributed by atoms with E-state index in [0.29, 0.717) is 0 Å². The fourth-order valence-electron chi connectivity index (χ4n) is 2.06. The number of methoxy groups -OCH3 is 1. The summed E-state index contributed by atoms with van der Waals surface area (Å²) in [7, 11) is 1.70. The Balaban J connectivity index is 1.93. The second kappa shape index (κ2) is 6.72. The van der Waals surface area contributed by atoms with E-state index in [1.54, 1.807) is 7.11 Å². The van der Waals surface area contributed by atoms with Crippen LogP contribution in [0.25, 0.3) is 0 Å². The van der Waals surface area contributed by atoms with Crippen LogP contribution in [0.4, 0.5) is 0 Å². The standard InChI is InChI=1S/C12H20N4OS/c1-17-7-2-5-14-12(15-13)16-6-3-11-10(9-16)4-8-18-11/h4,8H,2-3,5-7,9,13H2,1H3,(H,14,15). The number of hydrazine groups is 1. The summed E-state index contributed by atoms with van der Waals surface area (Å²) < 4.78 is 5.01. The maximum absolute atomic E-state index is 5.56. The molecule has 0 bridgehead atoms. The molecule has 0 spiro atoms. The highest BCUT2D eigenvalue weighted by molar-refractivity contribution is 7.10. The van der Waals surface area contributed by atoms with Crippen molar-refractivity contribution in [2.24, 2.45) is 10.8 Å². The number of guanidine groups is 1. The highest BCUT2D eigenvalue weighted by Gasteiger charge is 2.19. The molecule has 2 rings (SSSR count). The van der Waals surface area contributed by atoms with E-state index in [4.69, 9.17) is 10.6 Å². The molecule has 0 aliphatic carbocycles. The first-order chi connectivity index (χ1) is 8.85. The van der Waals surface area contributed by atoms with E-state index in [2.05, 4.69) is 26.8 Å². The summed E-state index contributed by atoms with van der Waals surface area (Å²) >= 11 is 1.84. The molecular formula is C12H20N4OS. The van der Waals surface area contributed by atoms with E-state index in [-0.39, 0.29) is 0 Å². The summed E-state index contributed by atoms with van der Waals surface area (Å²) in [6.07, 6.45) is 1.99. The van der Waals surface area contributed by atoms with Crippen molar-refractivity contribution in [1.29, 1.82) is 0 Å². The number of thiophene rings is 1. The third-order valence-electron chi connectivity index (χ3n) is 3.00. The van der Waals surface area contributed by atoms with Crippen molar-refractivity contribution in [2.75, 3.05) is 26.8 Å². The van der Waals surface area contributed by atoms with Crippen LogP contribution in [0, 0.1) is 0 Å². The Hall–Kier alpha value is -1.11. The molecule has 1 aliphatic heterocycles. The quantitative estimate of drug-likeness (QED) is 0.281. The number of aliphatic imine (C=N–C) groups is 1. The van der Waals surface area contributed by atoms with Crippen molar-refractivity contribution in [3.63, 3.8) is 0 Å². The van der Waals surface area contributed by atoms with Crippen LogP contribution in [0.5, 0.6) is 0 Å². The van der Waals surface area contributed by atoms with E-state index >= 15 is 0 Å². The zero-order valence-corrected chi connectivity index (χ0v) is 11.5. The molecule has 0 fully saturated rings. The lowest BCUT2D eigenvalue weighted by Crippen LogP contribution is -2.46. The van der Waals surface area contributed by atoms with Gasteiger partial charge >= 0.3 is 0 Å². The molecule has 5 nitrogen and oxygen atoms in total. The van der Waals surface area contributed by atoms with Gasteiger partial charge in [-0.05, 0) is 29.9 Å². The van der Waals surface area contributed by atoms with Gasteiger partial charge in [-0.25, -0.2) is 5.84 Å².